The molecule has 5 nitrogen and oxygen atoms in total. The van der Waals surface area contributed by atoms with Gasteiger partial charge in [0.25, 0.3) is 5.88 Å². The number of aryl methyl sites for hydroxylation is 1. The predicted octanol–water partition coefficient (Wildman–Crippen LogP) is 3.19. The number of hydrogen-bond donors (Lipinski definition) is 1. The molecule has 6 heteroatoms. The van der Waals surface area contributed by atoms with Crippen LogP contribution in [0.25, 0.3) is 0 Å². The Labute approximate surface area is 133 Å². The van der Waals surface area contributed by atoms with Crippen LogP contribution in [0.5, 0.6) is 5.88 Å². The Balaban J connectivity index is 2.12. The fourth-order valence-electron chi connectivity index (χ4n) is 3.06. The van der Waals surface area contributed by atoms with Crippen LogP contribution in [0.1, 0.15) is 40.9 Å². The number of benzene rings is 1. The van der Waals surface area contributed by atoms with E-state index in [1.165, 1.54) is 21.3 Å². The number of aromatic nitrogens is 2. The number of hydrogen-bond acceptors (Lipinski definition) is 5. The molecule has 1 aliphatic rings. The van der Waals surface area contributed by atoms with E-state index in [4.69, 9.17) is 5.26 Å². The summed E-state index contributed by atoms with van der Waals surface area (Å²) >= 11 is 1.82. The quantitative estimate of drug-likeness (QED) is 0.535. The predicted molar refractivity (Wildman–Crippen MR) is 84.8 cm³/mol. The molecule has 0 fully saturated rings. The summed E-state index contributed by atoms with van der Waals surface area (Å²) in [7, 11) is 1.61. The van der Waals surface area contributed by atoms with E-state index < -0.39 is 0 Å². The lowest BCUT2D eigenvalue weighted by molar-refractivity contribution is -0.144. The van der Waals surface area contributed by atoms with Gasteiger partial charge >= 0.3 is 0 Å². The third kappa shape index (κ3) is 2.14. The summed E-state index contributed by atoms with van der Waals surface area (Å²) in [6.07, 6.45) is 1.42. The van der Waals surface area contributed by atoms with Crippen molar-refractivity contribution in [3.8, 4) is 5.88 Å². The zero-order valence-electron chi connectivity index (χ0n) is 13.0. The van der Waals surface area contributed by atoms with Gasteiger partial charge in [-0.25, -0.2) is 9.94 Å². The first-order chi connectivity index (χ1) is 10.4. The first-order valence-electron chi connectivity index (χ1n) is 7.02. The maximum atomic E-state index is 12.8. The van der Waals surface area contributed by atoms with Crippen molar-refractivity contribution in [2.24, 2.45) is 7.05 Å². The van der Waals surface area contributed by atoms with Crippen molar-refractivity contribution in [2.45, 2.75) is 31.1 Å². The molecule has 1 N–H and O–H groups in total. The van der Waals surface area contributed by atoms with Crippen LogP contribution >= 0.6 is 11.8 Å². The first kappa shape index (κ1) is 15.1. The van der Waals surface area contributed by atoms with E-state index in [0.717, 1.165) is 11.3 Å². The van der Waals surface area contributed by atoms with Crippen molar-refractivity contribution in [3.05, 3.63) is 40.6 Å². The normalized spacial score (nSPS) is 15.7. The minimum atomic E-state index is -0.190. The second-order valence-corrected chi connectivity index (χ2v) is 7.21. The lowest BCUT2D eigenvalue weighted by Crippen LogP contribution is -2.19. The highest BCUT2D eigenvalue weighted by Gasteiger charge is 2.34. The minimum absolute atomic E-state index is 0.0472. The molecule has 0 unspecified atom stereocenters. The fraction of sp³-hybridized carbons (Fsp3) is 0.375. The summed E-state index contributed by atoms with van der Waals surface area (Å²) < 4.78 is 1.33. The van der Waals surface area contributed by atoms with Gasteiger partial charge in [-0.05, 0) is 30.2 Å². The lowest BCUT2D eigenvalue weighted by Gasteiger charge is -2.21. The van der Waals surface area contributed by atoms with Gasteiger partial charge in [-0.3, -0.25) is 4.79 Å². The van der Waals surface area contributed by atoms with Gasteiger partial charge in [-0.1, -0.05) is 13.8 Å². The molecule has 2 aromatic rings. The van der Waals surface area contributed by atoms with Crippen LogP contribution in [0.2, 0.25) is 0 Å². The molecule has 1 aliphatic heterocycles. The highest BCUT2D eigenvalue weighted by atomic mass is 32.2. The Morgan fingerprint density at radius 3 is 2.82 bits per heavy atom. The van der Waals surface area contributed by atoms with Crippen molar-refractivity contribution >= 4 is 17.5 Å². The average molecular weight is 318 g/mol. The molecular formula is C16H18N2O3S. The van der Waals surface area contributed by atoms with Gasteiger partial charge in [0.05, 0.1) is 6.20 Å². The molecule has 0 saturated heterocycles. The van der Waals surface area contributed by atoms with E-state index in [1.54, 1.807) is 7.05 Å². The van der Waals surface area contributed by atoms with Gasteiger partial charge in [0, 0.05) is 28.7 Å². The van der Waals surface area contributed by atoms with E-state index >= 15 is 0 Å². The zero-order chi connectivity index (χ0) is 16.1. The monoisotopic (exact) mass is 318 g/mol. The molecule has 0 saturated carbocycles. The van der Waals surface area contributed by atoms with E-state index in [0.29, 0.717) is 5.56 Å². The summed E-state index contributed by atoms with van der Waals surface area (Å²) in [5.74, 6) is 0.877. The molecule has 0 atom stereocenters. The summed E-state index contributed by atoms with van der Waals surface area (Å²) in [5.41, 5.74) is 3.16. The van der Waals surface area contributed by atoms with Crippen LogP contribution in [0, 0.1) is 6.92 Å². The summed E-state index contributed by atoms with van der Waals surface area (Å²) in [5, 5.41) is 12.9. The third-order valence-electron chi connectivity index (χ3n) is 4.15. The van der Waals surface area contributed by atoms with E-state index in [1.807, 2.05) is 30.8 Å². The number of nitrogens with zero attached hydrogens (tertiary/aromatic N) is 2. The second-order valence-electron chi connectivity index (χ2n) is 6.19. The van der Waals surface area contributed by atoms with Gasteiger partial charge in [-0.2, -0.15) is 5.10 Å². The van der Waals surface area contributed by atoms with Crippen LogP contribution in [0.15, 0.2) is 23.2 Å². The number of rotatable bonds is 3. The number of ketones is 1. The Bertz CT molecular complexity index is 765. The smallest absolute Gasteiger partial charge is 0.265 e. The fourth-order valence-corrected chi connectivity index (χ4v) is 4.46. The standard InChI is InChI=1S/C16H18N2O3S/c1-9-10(5-6-12-13(9)16(2,3)8-22-12)14(19)11-7-17-18(4)15(11)21-20/h5-7,20H,8H2,1-4H3. The van der Waals surface area contributed by atoms with Crippen molar-refractivity contribution in [2.75, 3.05) is 5.75 Å². The molecular weight excluding hydrogens is 300 g/mol. The van der Waals surface area contributed by atoms with Crippen LogP contribution in [-0.4, -0.2) is 26.6 Å². The van der Waals surface area contributed by atoms with Gasteiger partial charge in [-0.15, -0.1) is 11.8 Å². The molecule has 0 radical (unpaired) electrons. The SMILES string of the molecule is Cc1c(C(=O)c2cnn(C)c2OO)ccc2c1C(C)(C)CS2. The van der Waals surface area contributed by atoms with Crippen LogP contribution in [0.3, 0.4) is 0 Å². The van der Waals surface area contributed by atoms with Gasteiger partial charge in [0.2, 0.25) is 5.78 Å². The second kappa shape index (κ2) is 5.14. The van der Waals surface area contributed by atoms with Crippen molar-refractivity contribution in [1.29, 1.82) is 0 Å². The Kier molecular flexibility index (Phi) is 3.53. The Morgan fingerprint density at radius 1 is 1.41 bits per heavy atom. The van der Waals surface area contributed by atoms with Crippen molar-refractivity contribution in [3.63, 3.8) is 0 Å². The molecule has 0 spiro atoms. The van der Waals surface area contributed by atoms with Gasteiger partial charge in [0.1, 0.15) is 5.56 Å². The van der Waals surface area contributed by atoms with Gasteiger partial charge in [0.15, 0.2) is 0 Å². The highest BCUT2D eigenvalue weighted by molar-refractivity contribution is 7.99. The summed E-state index contributed by atoms with van der Waals surface area (Å²) in [6.45, 7) is 6.37. The number of fused-ring (bicyclic) bond motifs is 1. The highest BCUT2D eigenvalue weighted by Crippen LogP contribution is 2.46. The maximum Gasteiger partial charge on any atom is 0.265 e. The van der Waals surface area contributed by atoms with E-state index in [2.05, 4.69) is 23.8 Å². The molecule has 3 rings (SSSR count). The molecule has 0 amide bonds. The third-order valence-corrected chi connectivity index (χ3v) is 5.67. The van der Waals surface area contributed by atoms with Crippen LogP contribution in [0.4, 0.5) is 0 Å². The molecule has 22 heavy (non-hydrogen) atoms. The van der Waals surface area contributed by atoms with Crippen molar-refractivity contribution in [1.82, 2.24) is 9.78 Å². The first-order valence-corrected chi connectivity index (χ1v) is 8.00. The van der Waals surface area contributed by atoms with Crippen LogP contribution < -0.4 is 4.89 Å². The van der Waals surface area contributed by atoms with Gasteiger partial charge < -0.3 is 4.89 Å². The summed E-state index contributed by atoms with van der Waals surface area (Å²) in [4.78, 5) is 18.4. The number of carbonyl (C=O) groups is 1. The molecule has 2 heterocycles. The molecule has 0 aliphatic carbocycles. The largest absolute Gasteiger partial charge is 0.319 e. The van der Waals surface area contributed by atoms with Crippen LogP contribution in [-0.2, 0) is 12.5 Å². The Morgan fingerprint density at radius 2 is 2.14 bits per heavy atom. The zero-order valence-corrected chi connectivity index (χ0v) is 13.8. The minimum Gasteiger partial charge on any atom is -0.319 e. The Hall–Kier alpha value is -1.79. The number of thioether (sulfide) groups is 1. The van der Waals surface area contributed by atoms with Crippen molar-refractivity contribution < 1.29 is 14.9 Å². The van der Waals surface area contributed by atoms with E-state index in [9.17, 15) is 4.79 Å². The molecule has 1 aromatic carbocycles. The molecule has 1 aromatic heterocycles. The average Bonchev–Trinajstić information content (AvgIpc) is 2.99. The number of carbonyl (C=O) groups excluding carboxylic acids is 1. The molecule has 116 valence electrons. The van der Waals surface area contributed by atoms with E-state index in [-0.39, 0.29) is 22.6 Å². The summed E-state index contributed by atoms with van der Waals surface area (Å²) in [6, 6.07) is 3.85. The lowest BCUT2D eigenvalue weighted by atomic mass is 9.81. The topological polar surface area (TPSA) is 64.4 Å². The molecule has 0 bridgehead atoms. The maximum absolute atomic E-state index is 12.8.